The van der Waals surface area contributed by atoms with Crippen LogP contribution in [0.2, 0.25) is 0 Å². The highest BCUT2D eigenvalue weighted by Crippen LogP contribution is 2.30. The summed E-state index contributed by atoms with van der Waals surface area (Å²) >= 11 is 0. The van der Waals surface area contributed by atoms with Crippen molar-refractivity contribution in [3.8, 4) is 5.75 Å². The number of nitrogens with one attached hydrogen (secondary N) is 1. The Morgan fingerprint density at radius 3 is 2.48 bits per heavy atom. The number of hydrogen-bond donors (Lipinski definition) is 2. The lowest BCUT2D eigenvalue weighted by molar-refractivity contribution is -0.122. The Morgan fingerprint density at radius 2 is 1.79 bits per heavy atom. The van der Waals surface area contributed by atoms with Crippen molar-refractivity contribution in [3.63, 3.8) is 0 Å². The zero-order valence-electron chi connectivity index (χ0n) is 16.0. The molecule has 0 unspecified atom stereocenters. The second-order valence-electron chi connectivity index (χ2n) is 6.35. The third-order valence-corrected chi connectivity index (χ3v) is 6.46. The molecule has 1 saturated heterocycles. The van der Waals surface area contributed by atoms with Crippen LogP contribution in [0.15, 0.2) is 59.6 Å². The average Bonchev–Trinajstić information content (AvgIpc) is 3.19. The van der Waals surface area contributed by atoms with Crippen molar-refractivity contribution in [2.24, 2.45) is 0 Å². The maximum Gasteiger partial charge on any atom is 0.290 e. The molecule has 0 aliphatic carbocycles. The number of carboxylic acid groups (broad SMARTS) is 1. The topological polar surface area (TPSA) is 101 Å². The van der Waals surface area contributed by atoms with Gasteiger partial charge in [0.1, 0.15) is 10.6 Å². The predicted octanol–water partition coefficient (Wildman–Crippen LogP) is 2.00. The van der Waals surface area contributed by atoms with Crippen molar-refractivity contribution in [2.75, 3.05) is 38.2 Å². The van der Waals surface area contributed by atoms with Gasteiger partial charge in [-0.05, 0) is 30.3 Å². The summed E-state index contributed by atoms with van der Waals surface area (Å²) in [6.45, 7) is 3.42. The van der Waals surface area contributed by atoms with Gasteiger partial charge in [0.15, 0.2) is 0 Å². The van der Waals surface area contributed by atoms with Crippen LogP contribution in [0, 0.1) is 0 Å². The van der Waals surface area contributed by atoms with Gasteiger partial charge in [-0.15, -0.1) is 0 Å². The number of rotatable bonds is 4. The van der Waals surface area contributed by atoms with E-state index in [0.717, 1.165) is 37.3 Å². The fraction of sp³-hybridized carbons (Fsp3) is 0.250. The van der Waals surface area contributed by atoms with E-state index in [4.69, 9.17) is 14.6 Å². The van der Waals surface area contributed by atoms with Crippen LogP contribution < -0.4 is 15.0 Å². The van der Waals surface area contributed by atoms with E-state index in [0.29, 0.717) is 11.3 Å². The minimum absolute atomic E-state index is 0.160. The summed E-state index contributed by atoms with van der Waals surface area (Å²) < 4.78 is 33.1. The van der Waals surface area contributed by atoms with Crippen LogP contribution in [0.1, 0.15) is 0 Å². The largest absolute Gasteiger partial charge is 0.495 e. The van der Waals surface area contributed by atoms with Crippen LogP contribution in [-0.4, -0.2) is 57.3 Å². The normalized spacial score (nSPS) is 14.2. The van der Waals surface area contributed by atoms with E-state index in [1.165, 1.54) is 11.1 Å². The molecule has 0 amide bonds. The van der Waals surface area contributed by atoms with Crippen molar-refractivity contribution in [3.05, 3.63) is 54.7 Å². The third kappa shape index (κ3) is 4.20. The number of methoxy groups -OCH3 is 1. The number of fused-ring (bicyclic) bond motifs is 1. The smallest absolute Gasteiger partial charge is 0.290 e. The first-order chi connectivity index (χ1) is 14.0. The molecule has 1 fully saturated rings. The molecule has 0 atom stereocenters. The Kier molecular flexibility index (Phi) is 6.40. The highest BCUT2D eigenvalue weighted by Gasteiger charge is 2.23. The van der Waals surface area contributed by atoms with Gasteiger partial charge in [0.2, 0.25) is 0 Å². The van der Waals surface area contributed by atoms with Crippen LogP contribution in [0.4, 0.5) is 5.69 Å². The quantitative estimate of drug-likeness (QED) is 0.626. The predicted molar refractivity (Wildman–Crippen MR) is 111 cm³/mol. The molecule has 1 aliphatic rings. The summed E-state index contributed by atoms with van der Waals surface area (Å²) in [7, 11) is -2.27. The monoisotopic (exact) mass is 417 g/mol. The SMILES string of the molecule is COc1ccccc1S(=O)(=O)n1ccc2ccc(N3CCNCC3)cc21.O=CO. The van der Waals surface area contributed by atoms with Gasteiger partial charge in [0, 0.05) is 43.4 Å². The van der Waals surface area contributed by atoms with E-state index in [2.05, 4.69) is 10.2 Å². The van der Waals surface area contributed by atoms with Crippen molar-refractivity contribution in [1.82, 2.24) is 9.29 Å². The first kappa shape index (κ1) is 20.7. The Bertz CT molecular complexity index is 1090. The number of carbonyl (C=O) groups is 1. The number of piperazine rings is 1. The molecule has 29 heavy (non-hydrogen) atoms. The van der Waals surface area contributed by atoms with Crippen molar-refractivity contribution in [1.29, 1.82) is 0 Å². The van der Waals surface area contributed by atoms with Gasteiger partial charge in [-0.1, -0.05) is 18.2 Å². The van der Waals surface area contributed by atoms with E-state index in [1.807, 2.05) is 24.3 Å². The molecule has 0 spiro atoms. The molecule has 2 aromatic carbocycles. The van der Waals surface area contributed by atoms with E-state index >= 15 is 0 Å². The number of para-hydroxylation sites is 1. The van der Waals surface area contributed by atoms with Gasteiger partial charge in [-0.3, -0.25) is 4.79 Å². The summed E-state index contributed by atoms with van der Waals surface area (Å²) in [6, 6.07) is 14.5. The van der Waals surface area contributed by atoms with Gasteiger partial charge in [-0.2, -0.15) is 0 Å². The van der Waals surface area contributed by atoms with Gasteiger partial charge < -0.3 is 20.1 Å². The minimum Gasteiger partial charge on any atom is -0.495 e. The molecule has 9 heteroatoms. The van der Waals surface area contributed by atoms with Gasteiger partial charge >= 0.3 is 0 Å². The molecule has 3 aromatic rings. The molecular formula is C20H23N3O5S. The maximum atomic E-state index is 13.2. The first-order valence-electron chi connectivity index (χ1n) is 9.06. The molecule has 8 nitrogen and oxygen atoms in total. The van der Waals surface area contributed by atoms with Gasteiger partial charge in [0.05, 0.1) is 12.6 Å². The molecule has 2 N–H and O–H groups in total. The fourth-order valence-corrected chi connectivity index (χ4v) is 4.87. The van der Waals surface area contributed by atoms with Crippen LogP contribution in [0.5, 0.6) is 5.75 Å². The van der Waals surface area contributed by atoms with Crippen LogP contribution in [0.25, 0.3) is 10.9 Å². The molecule has 1 aliphatic heterocycles. The summed E-state index contributed by atoms with van der Waals surface area (Å²) in [5, 5.41) is 11.1. The molecule has 2 heterocycles. The Balaban J connectivity index is 0.000000755. The molecule has 0 saturated carbocycles. The molecule has 0 bridgehead atoms. The highest BCUT2D eigenvalue weighted by atomic mass is 32.2. The zero-order valence-corrected chi connectivity index (χ0v) is 16.8. The summed E-state index contributed by atoms with van der Waals surface area (Å²) in [5.74, 6) is 0.340. The zero-order chi connectivity index (χ0) is 20.9. The lowest BCUT2D eigenvalue weighted by atomic mass is 10.2. The molecular weight excluding hydrogens is 394 g/mol. The number of benzene rings is 2. The number of hydrogen-bond acceptors (Lipinski definition) is 6. The first-order valence-corrected chi connectivity index (χ1v) is 10.5. The number of ether oxygens (including phenoxy) is 1. The molecule has 0 radical (unpaired) electrons. The molecule has 1 aromatic heterocycles. The Labute approximate surface area is 169 Å². The van der Waals surface area contributed by atoms with E-state index in [-0.39, 0.29) is 11.4 Å². The Hall–Kier alpha value is -3.04. The standard InChI is InChI=1S/C19H21N3O3S.CH2O2/c1-25-18-4-2-3-5-19(18)26(23,24)22-11-8-15-6-7-16(14-17(15)22)21-12-9-20-10-13-21;2-1-3/h2-8,11,14,20H,9-10,12-13H2,1H3;1H,(H,2,3). The number of aromatic nitrogens is 1. The van der Waals surface area contributed by atoms with Gasteiger partial charge in [-0.25, -0.2) is 12.4 Å². The van der Waals surface area contributed by atoms with E-state index < -0.39 is 10.0 Å². The number of nitrogens with zero attached hydrogens (tertiary/aromatic N) is 2. The second-order valence-corrected chi connectivity index (χ2v) is 8.14. The molecule has 4 rings (SSSR count). The Morgan fingerprint density at radius 1 is 1.10 bits per heavy atom. The number of anilines is 1. The van der Waals surface area contributed by atoms with Crippen LogP contribution in [-0.2, 0) is 14.8 Å². The fourth-order valence-electron chi connectivity index (χ4n) is 3.36. The summed E-state index contributed by atoms with van der Waals surface area (Å²) in [6.07, 6.45) is 1.61. The lowest BCUT2D eigenvalue weighted by Crippen LogP contribution is -2.43. The third-order valence-electron chi connectivity index (χ3n) is 4.73. The van der Waals surface area contributed by atoms with Crippen LogP contribution in [0.3, 0.4) is 0 Å². The van der Waals surface area contributed by atoms with Crippen molar-refractivity contribution < 1.29 is 23.1 Å². The van der Waals surface area contributed by atoms with E-state index in [1.54, 1.807) is 30.5 Å². The molecule has 154 valence electrons. The van der Waals surface area contributed by atoms with Crippen molar-refractivity contribution in [2.45, 2.75) is 4.90 Å². The van der Waals surface area contributed by atoms with E-state index in [9.17, 15) is 8.42 Å². The second kappa shape index (κ2) is 8.97. The van der Waals surface area contributed by atoms with Crippen LogP contribution >= 0.6 is 0 Å². The minimum atomic E-state index is -3.75. The lowest BCUT2D eigenvalue weighted by Gasteiger charge is -2.29. The maximum absolute atomic E-state index is 13.2. The van der Waals surface area contributed by atoms with Crippen molar-refractivity contribution >= 4 is 33.1 Å². The summed E-state index contributed by atoms with van der Waals surface area (Å²) in [5.41, 5.74) is 1.71. The van der Waals surface area contributed by atoms with Gasteiger partial charge in [0.25, 0.3) is 16.5 Å². The summed E-state index contributed by atoms with van der Waals surface area (Å²) in [4.78, 5) is 10.8. The highest BCUT2D eigenvalue weighted by molar-refractivity contribution is 7.90. The average molecular weight is 417 g/mol.